The lowest BCUT2D eigenvalue weighted by Crippen LogP contribution is -2.11. The van der Waals surface area contributed by atoms with Crippen LogP contribution in [0.15, 0.2) is 173 Å². The number of nitrogens with zero attached hydrogens (tertiary/aromatic N) is 1. The van der Waals surface area contributed by atoms with Crippen LogP contribution in [0.1, 0.15) is 0 Å². The van der Waals surface area contributed by atoms with E-state index in [4.69, 9.17) is 8.83 Å². The van der Waals surface area contributed by atoms with E-state index in [1.807, 2.05) is 24.3 Å². The number of para-hydroxylation sites is 3. The zero-order valence-electron chi connectivity index (χ0n) is 24.4. The van der Waals surface area contributed by atoms with Crippen molar-refractivity contribution in [3.8, 4) is 22.3 Å². The lowest BCUT2D eigenvalue weighted by molar-refractivity contribution is 0.668. The largest absolute Gasteiger partial charge is 0.456 e. The van der Waals surface area contributed by atoms with Crippen molar-refractivity contribution < 1.29 is 8.83 Å². The third-order valence-electron chi connectivity index (χ3n) is 8.67. The molecule has 7 aromatic carbocycles. The third-order valence-corrected chi connectivity index (χ3v) is 8.67. The minimum atomic E-state index is 0.860. The highest BCUT2D eigenvalue weighted by atomic mass is 16.3. The van der Waals surface area contributed by atoms with Crippen LogP contribution in [0.2, 0.25) is 0 Å². The van der Waals surface area contributed by atoms with E-state index in [0.717, 1.165) is 77.6 Å². The standard InChI is InChI=1S/C42H27NO2/c1-2-12-28(13-3-1)29-14-10-15-31(26-29)43(37-20-11-23-40-42(37)35-18-6-9-22-39(35)44-40)36-19-7-4-16-32(36)30-24-25-34-33-17-5-8-21-38(33)45-41(34)27-30/h1-27H. The maximum absolute atomic E-state index is 6.36. The van der Waals surface area contributed by atoms with Gasteiger partial charge in [-0.1, -0.05) is 109 Å². The molecule has 0 saturated heterocycles. The highest BCUT2D eigenvalue weighted by Crippen LogP contribution is 2.46. The summed E-state index contributed by atoms with van der Waals surface area (Å²) < 4.78 is 12.7. The van der Waals surface area contributed by atoms with E-state index in [9.17, 15) is 0 Å². The molecule has 9 aromatic rings. The first-order chi connectivity index (χ1) is 22.3. The van der Waals surface area contributed by atoms with Gasteiger partial charge in [0, 0.05) is 27.4 Å². The Hall–Kier alpha value is -6.06. The number of anilines is 3. The van der Waals surface area contributed by atoms with Gasteiger partial charge in [-0.2, -0.15) is 0 Å². The van der Waals surface area contributed by atoms with E-state index >= 15 is 0 Å². The van der Waals surface area contributed by atoms with Gasteiger partial charge >= 0.3 is 0 Å². The van der Waals surface area contributed by atoms with Gasteiger partial charge in [0.25, 0.3) is 0 Å². The molecular weight excluding hydrogens is 550 g/mol. The zero-order chi connectivity index (χ0) is 29.7. The molecule has 0 atom stereocenters. The SMILES string of the molecule is c1ccc(-c2cccc(N(c3ccccc3-c3ccc4c(c3)oc3ccccc34)c3cccc4oc5ccccc5c34)c2)cc1. The molecule has 2 heterocycles. The van der Waals surface area contributed by atoms with Crippen molar-refractivity contribution in [2.75, 3.05) is 4.90 Å². The minimum absolute atomic E-state index is 0.860. The third kappa shape index (κ3) is 4.21. The van der Waals surface area contributed by atoms with Crippen molar-refractivity contribution in [1.82, 2.24) is 0 Å². The van der Waals surface area contributed by atoms with Crippen LogP contribution >= 0.6 is 0 Å². The zero-order valence-corrected chi connectivity index (χ0v) is 24.4. The topological polar surface area (TPSA) is 29.5 Å². The smallest absolute Gasteiger partial charge is 0.137 e. The Morgan fingerprint density at radius 2 is 0.978 bits per heavy atom. The molecule has 0 spiro atoms. The van der Waals surface area contributed by atoms with Gasteiger partial charge in [0.05, 0.1) is 16.8 Å². The van der Waals surface area contributed by atoms with Crippen molar-refractivity contribution in [2.45, 2.75) is 0 Å². The first kappa shape index (κ1) is 25.4. The summed E-state index contributed by atoms with van der Waals surface area (Å²) in [5.74, 6) is 0. The number of hydrogen-bond acceptors (Lipinski definition) is 3. The maximum atomic E-state index is 6.36. The molecule has 0 amide bonds. The molecule has 0 radical (unpaired) electrons. The van der Waals surface area contributed by atoms with E-state index in [-0.39, 0.29) is 0 Å². The molecule has 0 N–H and O–H groups in total. The predicted octanol–water partition coefficient (Wildman–Crippen LogP) is 12.3. The van der Waals surface area contributed by atoms with Crippen molar-refractivity contribution in [1.29, 1.82) is 0 Å². The van der Waals surface area contributed by atoms with Gasteiger partial charge in [-0.25, -0.2) is 0 Å². The summed E-state index contributed by atoms with van der Waals surface area (Å²) in [6.45, 7) is 0. The first-order valence-corrected chi connectivity index (χ1v) is 15.2. The fourth-order valence-electron chi connectivity index (χ4n) is 6.61. The Kier molecular flexibility index (Phi) is 5.82. The van der Waals surface area contributed by atoms with E-state index in [1.54, 1.807) is 0 Å². The molecule has 0 unspecified atom stereocenters. The van der Waals surface area contributed by atoms with Crippen LogP contribution in [0.4, 0.5) is 17.1 Å². The molecule has 0 aliphatic rings. The average molecular weight is 578 g/mol. The van der Waals surface area contributed by atoms with Gasteiger partial charge in [0.1, 0.15) is 22.3 Å². The van der Waals surface area contributed by atoms with Crippen LogP contribution in [-0.2, 0) is 0 Å². The fourth-order valence-corrected chi connectivity index (χ4v) is 6.61. The summed E-state index contributed by atoms with van der Waals surface area (Å²) >= 11 is 0. The van der Waals surface area contributed by atoms with E-state index in [2.05, 4.69) is 144 Å². The molecular formula is C42H27NO2. The Labute approximate surface area is 260 Å². The monoisotopic (exact) mass is 577 g/mol. The molecule has 212 valence electrons. The normalized spacial score (nSPS) is 11.6. The Balaban J connectivity index is 1.31. The summed E-state index contributed by atoms with van der Waals surface area (Å²) in [7, 11) is 0. The lowest BCUT2D eigenvalue weighted by Gasteiger charge is -2.29. The van der Waals surface area contributed by atoms with Crippen LogP contribution in [0.3, 0.4) is 0 Å². The van der Waals surface area contributed by atoms with Crippen LogP contribution in [0.5, 0.6) is 0 Å². The molecule has 0 fully saturated rings. The molecule has 0 aliphatic carbocycles. The second kappa shape index (κ2) is 10.3. The van der Waals surface area contributed by atoms with E-state index < -0.39 is 0 Å². The molecule has 0 bridgehead atoms. The van der Waals surface area contributed by atoms with Crippen molar-refractivity contribution >= 4 is 60.9 Å². The Bertz CT molecular complexity index is 2500. The molecule has 0 saturated carbocycles. The molecule has 45 heavy (non-hydrogen) atoms. The predicted molar refractivity (Wildman–Crippen MR) is 187 cm³/mol. The summed E-state index contributed by atoms with van der Waals surface area (Å²) in [6.07, 6.45) is 0. The van der Waals surface area contributed by atoms with Crippen molar-refractivity contribution in [2.24, 2.45) is 0 Å². The van der Waals surface area contributed by atoms with Crippen LogP contribution in [-0.4, -0.2) is 0 Å². The van der Waals surface area contributed by atoms with Gasteiger partial charge in [-0.15, -0.1) is 0 Å². The highest BCUT2D eigenvalue weighted by Gasteiger charge is 2.22. The number of rotatable bonds is 5. The van der Waals surface area contributed by atoms with Crippen molar-refractivity contribution in [3.05, 3.63) is 164 Å². The Morgan fingerprint density at radius 3 is 1.87 bits per heavy atom. The summed E-state index contributed by atoms with van der Waals surface area (Å²) in [6, 6.07) is 57.3. The molecule has 0 aliphatic heterocycles. The maximum Gasteiger partial charge on any atom is 0.137 e. The van der Waals surface area contributed by atoms with Crippen LogP contribution in [0, 0.1) is 0 Å². The lowest BCUT2D eigenvalue weighted by atomic mass is 9.99. The number of hydrogen-bond donors (Lipinski definition) is 0. The molecule has 9 rings (SSSR count). The summed E-state index contributed by atoms with van der Waals surface area (Å²) in [5.41, 5.74) is 11.2. The molecule has 2 aromatic heterocycles. The van der Waals surface area contributed by atoms with Crippen LogP contribution in [0.25, 0.3) is 66.1 Å². The number of benzene rings is 7. The first-order valence-electron chi connectivity index (χ1n) is 15.2. The van der Waals surface area contributed by atoms with E-state index in [0.29, 0.717) is 0 Å². The van der Waals surface area contributed by atoms with Gasteiger partial charge in [-0.05, 0) is 71.3 Å². The van der Waals surface area contributed by atoms with E-state index in [1.165, 1.54) is 5.56 Å². The van der Waals surface area contributed by atoms with Gasteiger partial charge in [-0.3, -0.25) is 0 Å². The van der Waals surface area contributed by atoms with Gasteiger partial charge in [0.2, 0.25) is 0 Å². The number of furan rings is 2. The second-order valence-corrected chi connectivity index (χ2v) is 11.3. The average Bonchev–Trinajstić information content (AvgIpc) is 3.68. The van der Waals surface area contributed by atoms with Crippen LogP contribution < -0.4 is 4.90 Å². The van der Waals surface area contributed by atoms with Gasteiger partial charge < -0.3 is 13.7 Å². The quantitative estimate of drug-likeness (QED) is 0.204. The van der Waals surface area contributed by atoms with Crippen molar-refractivity contribution in [3.63, 3.8) is 0 Å². The molecule has 3 heteroatoms. The van der Waals surface area contributed by atoms with Gasteiger partial charge in [0.15, 0.2) is 0 Å². The second-order valence-electron chi connectivity index (χ2n) is 11.3. The fraction of sp³-hybridized carbons (Fsp3) is 0. The summed E-state index contributed by atoms with van der Waals surface area (Å²) in [4.78, 5) is 2.37. The Morgan fingerprint density at radius 1 is 0.356 bits per heavy atom. The number of fused-ring (bicyclic) bond motifs is 6. The minimum Gasteiger partial charge on any atom is -0.456 e. The molecule has 3 nitrogen and oxygen atoms in total. The summed E-state index contributed by atoms with van der Waals surface area (Å²) in [5, 5.41) is 4.42. The highest BCUT2D eigenvalue weighted by molar-refractivity contribution is 6.14.